The molecule has 4 N–H and O–H groups in total. The summed E-state index contributed by atoms with van der Waals surface area (Å²) in [5.41, 5.74) is 10.5. The van der Waals surface area contributed by atoms with E-state index >= 15 is 0 Å². The second-order valence-corrected chi connectivity index (χ2v) is 2.39. The summed E-state index contributed by atoms with van der Waals surface area (Å²) in [5.74, 6) is 0. The van der Waals surface area contributed by atoms with Gasteiger partial charge < -0.3 is 11.5 Å². The molecule has 0 atom stereocenters. The van der Waals surface area contributed by atoms with Crippen LogP contribution in [-0.2, 0) is 0 Å². The molecule has 9 heavy (non-hydrogen) atoms. The van der Waals surface area contributed by atoms with Gasteiger partial charge in [-0.3, -0.25) is 0 Å². The van der Waals surface area contributed by atoms with Crippen LogP contribution in [0.25, 0.3) is 0 Å². The molecule has 0 amide bonds. The summed E-state index contributed by atoms with van der Waals surface area (Å²) in [6.07, 6.45) is 6.44. The van der Waals surface area contributed by atoms with E-state index in [2.05, 4.69) is 6.92 Å². The van der Waals surface area contributed by atoms with Gasteiger partial charge in [-0.25, -0.2) is 0 Å². The first-order valence-corrected chi connectivity index (χ1v) is 3.64. The van der Waals surface area contributed by atoms with Crippen molar-refractivity contribution in [2.45, 2.75) is 39.0 Å². The molecule has 0 aliphatic heterocycles. The predicted molar refractivity (Wildman–Crippen MR) is 40.4 cm³/mol. The fraction of sp³-hybridized carbons (Fsp3) is 0.857. The molecule has 0 fully saturated rings. The Labute approximate surface area is 57.6 Å². The third-order valence-corrected chi connectivity index (χ3v) is 1.32. The molecule has 0 heterocycles. The van der Waals surface area contributed by atoms with Gasteiger partial charge in [0, 0.05) is 0 Å². The average Bonchev–Trinajstić information content (AvgIpc) is 1.80. The normalized spacial score (nSPS) is 10.7. The van der Waals surface area contributed by atoms with Crippen molar-refractivity contribution in [3.8, 4) is 0 Å². The van der Waals surface area contributed by atoms with Crippen molar-refractivity contribution in [2.75, 3.05) is 0 Å². The summed E-state index contributed by atoms with van der Waals surface area (Å²) < 4.78 is 0. The highest BCUT2D eigenvalue weighted by Gasteiger charge is 1.93. The molecule has 1 radical (unpaired) electrons. The van der Waals surface area contributed by atoms with E-state index in [4.69, 9.17) is 11.5 Å². The summed E-state index contributed by atoms with van der Waals surface area (Å²) in [7, 11) is 0. The van der Waals surface area contributed by atoms with Gasteiger partial charge in [-0.05, 0) is 6.42 Å². The van der Waals surface area contributed by atoms with Gasteiger partial charge in [0.25, 0.3) is 0 Å². The quantitative estimate of drug-likeness (QED) is 0.551. The van der Waals surface area contributed by atoms with Gasteiger partial charge in [-0.1, -0.05) is 32.6 Å². The molecule has 0 aliphatic carbocycles. The Bertz CT molecular complexity index is 52.9. The molecule has 2 nitrogen and oxygen atoms in total. The second kappa shape index (κ2) is 6.05. The number of rotatable bonds is 5. The molecular formula is C7H17N2. The van der Waals surface area contributed by atoms with Gasteiger partial charge in [0.1, 0.15) is 0 Å². The van der Waals surface area contributed by atoms with E-state index < -0.39 is 0 Å². The van der Waals surface area contributed by atoms with Crippen molar-refractivity contribution in [3.63, 3.8) is 0 Å². The summed E-state index contributed by atoms with van der Waals surface area (Å²) in [6, 6.07) is 0. The standard InChI is InChI=1S/C7H17N2/c1-2-3-4-5-6-7(8)9/h2-6,8-9H2,1H3. The molecule has 0 saturated carbocycles. The first-order valence-electron chi connectivity index (χ1n) is 3.64. The van der Waals surface area contributed by atoms with E-state index in [0.717, 1.165) is 12.8 Å². The topological polar surface area (TPSA) is 52.0 Å². The lowest BCUT2D eigenvalue weighted by molar-refractivity contribution is 0.629. The molecular weight excluding hydrogens is 112 g/mol. The van der Waals surface area contributed by atoms with Crippen LogP contribution < -0.4 is 11.5 Å². The zero-order valence-corrected chi connectivity index (χ0v) is 6.19. The molecule has 55 valence electrons. The maximum absolute atomic E-state index is 5.27. The van der Waals surface area contributed by atoms with Gasteiger partial charge in [0.15, 0.2) is 0 Å². The molecule has 0 unspecified atom stereocenters. The zero-order chi connectivity index (χ0) is 7.11. The summed E-state index contributed by atoms with van der Waals surface area (Å²) in [6.45, 7) is 2.19. The number of unbranched alkanes of at least 4 members (excludes halogenated alkanes) is 3. The Hall–Kier alpha value is -0.0800. The third kappa shape index (κ3) is 7.92. The predicted octanol–water partition coefficient (Wildman–Crippen LogP) is 1.36. The SMILES string of the molecule is CCCCCC[C](N)N. The molecule has 0 saturated heterocycles. The Kier molecular flexibility index (Phi) is 5.99. The third-order valence-electron chi connectivity index (χ3n) is 1.32. The van der Waals surface area contributed by atoms with Crippen molar-refractivity contribution >= 4 is 0 Å². The Morgan fingerprint density at radius 1 is 1.11 bits per heavy atom. The largest absolute Gasteiger partial charge is 0.311 e. The van der Waals surface area contributed by atoms with Gasteiger partial charge in [-0.15, -0.1) is 0 Å². The van der Waals surface area contributed by atoms with Gasteiger partial charge in [0.05, 0.1) is 6.17 Å². The molecule has 0 aromatic heterocycles. The maximum atomic E-state index is 5.27. The van der Waals surface area contributed by atoms with Gasteiger partial charge in [0.2, 0.25) is 0 Å². The minimum Gasteiger partial charge on any atom is -0.311 e. The van der Waals surface area contributed by atoms with E-state index in [-0.39, 0.29) is 0 Å². The first-order chi connectivity index (χ1) is 4.27. The van der Waals surface area contributed by atoms with Crippen LogP contribution in [0.3, 0.4) is 0 Å². The minimum atomic E-state index is 0.575. The number of nitrogens with two attached hydrogens (primary N) is 2. The van der Waals surface area contributed by atoms with Crippen molar-refractivity contribution in [2.24, 2.45) is 11.5 Å². The maximum Gasteiger partial charge on any atom is 0.0955 e. The van der Waals surface area contributed by atoms with Crippen LogP contribution >= 0.6 is 0 Å². The first kappa shape index (κ1) is 8.92. The number of hydrogen-bond donors (Lipinski definition) is 2. The Balaban J connectivity index is 2.75. The van der Waals surface area contributed by atoms with E-state index in [1.54, 1.807) is 0 Å². The van der Waals surface area contributed by atoms with Crippen LogP contribution in [0, 0.1) is 6.17 Å². The highest BCUT2D eigenvalue weighted by Crippen LogP contribution is 2.03. The highest BCUT2D eigenvalue weighted by molar-refractivity contribution is 4.71. The van der Waals surface area contributed by atoms with Crippen LogP contribution in [-0.4, -0.2) is 0 Å². The lowest BCUT2D eigenvalue weighted by Crippen LogP contribution is -2.19. The van der Waals surface area contributed by atoms with E-state index in [9.17, 15) is 0 Å². The van der Waals surface area contributed by atoms with E-state index in [0.29, 0.717) is 6.17 Å². The van der Waals surface area contributed by atoms with Gasteiger partial charge in [-0.2, -0.15) is 0 Å². The fourth-order valence-electron chi connectivity index (χ4n) is 0.756. The van der Waals surface area contributed by atoms with Crippen LogP contribution in [0.4, 0.5) is 0 Å². The molecule has 2 heteroatoms. The van der Waals surface area contributed by atoms with E-state index in [1.807, 2.05) is 0 Å². The van der Waals surface area contributed by atoms with Crippen LogP contribution in [0.1, 0.15) is 39.0 Å². The molecule has 0 spiro atoms. The summed E-state index contributed by atoms with van der Waals surface area (Å²) in [4.78, 5) is 0. The number of hydrogen-bond acceptors (Lipinski definition) is 2. The smallest absolute Gasteiger partial charge is 0.0955 e. The zero-order valence-electron chi connectivity index (χ0n) is 6.19. The molecule has 0 aromatic rings. The average molecular weight is 129 g/mol. The van der Waals surface area contributed by atoms with Crippen molar-refractivity contribution in [1.29, 1.82) is 0 Å². The molecule has 0 aliphatic rings. The molecule has 0 bridgehead atoms. The van der Waals surface area contributed by atoms with Crippen molar-refractivity contribution in [3.05, 3.63) is 6.17 Å². The van der Waals surface area contributed by atoms with Gasteiger partial charge >= 0.3 is 0 Å². The van der Waals surface area contributed by atoms with E-state index in [1.165, 1.54) is 19.3 Å². The summed E-state index contributed by atoms with van der Waals surface area (Å²) >= 11 is 0. The van der Waals surface area contributed by atoms with Crippen LogP contribution in [0.2, 0.25) is 0 Å². The van der Waals surface area contributed by atoms with Crippen LogP contribution in [0.5, 0.6) is 0 Å². The summed E-state index contributed by atoms with van der Waals surface area (Å²) in [5, 5.41) is 0. The van der Waals surface area contributed by atoms with Crippen molar-refractivity contribution < 1.29 is 0 Å². The highest BCUT2D eigenvalue weighted by atomic mass is 14.8. The monoisotopic (exact) mass is 129 g/mol. The van der Waals surface area contributed by atoms with Crippen LogP contribution in [0.15, 0.2) is 0 Å². The lowest BCUT2D eigenvalue weighted by Gasteiger charge is -2.01. The Morgan fingerprint density at radius 3 is 2.22 bits per heavy atom. The second-order valence-electron chi connectivity index (χ2n) is 2.39. The van der Waals surface area contributed by atoms with Crippen molar-refractivity contribution in [1.82, 2.24) is 0 Å². The fourth-order valence-corrected chi connectivity index (χ4v) is 0.756. The molecule has 0 rings (SSSR count). The Morgan fingerprint density at radius 2 is 1.78 bits per heavy atom. The lowest BCUT2D eigenvalue weighted by atomic mass is 10.1. The molecule has 0 aromatic carbocycles. The minimum absolute atomic E-state index is 0.575.